The zero-order valence-electron chi connectivity index (χ0n) is 9.97. The van der Waals surface area contributed by atoms with Crippen LogP contribution in [0.2, 0.25) is 5.02 Å². The summed E-state index contributed by atoms with van der Waals surface area (Å²) in [6.07, 6.45) is 1.45. The lowest BCUT2D eigenvalue weighted by molar-refractivity contribution is -0.118. The maximum Gasteiger partial charge on any atom is 0.263 e. The number of aromatic nitrogens is 1. The third-order valence-electron chi connectivity index (χ3n) is 2.27. The van der Waals surface area contributed by atoms with Crippen molar-refractivity contribution in [1.82, 2.24) is 4.98 Å². The van der Waals surface area contributed by atoms with Crippen LogP contribution in [-0.4, -0.2) is 17.5 Å². The van der Waals surface area contributed by atoms with Crippen LogP contribution in [0.15, 0.2) is 42.6 Å². The zero-order chi connectivity index (χ0) is 13.7. The van der Waals surface area contributed by atoms with Crippen LogP contribution in [0.4, 0.5) is 11.5 Å². The molecular formula is C13H12ClN3O2. The number of anilines is 2. The number of carbonyl (C=O) groups is 1. The lowest BCUT2D eigenvalue weighted by atomic mass is 10.3. The highest BCUT2D eigenvalue weighted by atomic mass is 35.5. The van der Waals surface area contributed by atoms with Gasteiger partial charge in [-0.2, -0.15) is 0 Å². The lowest BCUT2D eigenvalue weighted by Gasteiger charge is -2.08. The topological polar surface area (TPSA) is 77.2 Å². The van der Waals surface area contributed by atoms with Gasteiger partial charge < -0.3 is 15.8 Å². The van der Waals surface area contributed by atoms with Gasteiger partial charge in [0.15, 0.2) is 6.61 Å². The second-order valence-electron chi connectivity index (χ2n) is 3.74. The Morgan fingerprint density at radius 3 is 2.79 bits per heavy atom. The number of nitrogen functional groups attached to an aromatic ring is 1. The van der Waals surface area contributed by atoms with E-state index in [0.717, 1.165) is 0 Å². The first kappa shape index (κ1) is 13.2. The Morgan fingerprint density at radius 1 is 1.32 bits per heavy atom. The van der Waals surface area contributed by atoms with Gasteiger partial charge in [-0.3, -0.25) is 4.79 Å². The van der Waals surface area contributed by atoms with Crippen LogP contribution in [-0.2, 0) is 4.79 Å². The molecule has 0 aliphatic carbocycles. The first-order chi connectivity index (χ1) is 9.15. The van der Waals surface area contributed by atoms with Crippen molar-refractivity contribution in [2.75, 3.05) is 17.7 Å². The van der Waals surface area contributed by atoms with Gasteiger partial charge in [-0.05, 0) is 24.3 Å². The van der Waals surface area contributed by atoms with Crippen molar-refractivity contribution in [3.63, 3.8) is 0 Å². The molecule has 98 valence electrons. The van der Waals surface area contributed by atoms with Crippen molar-refractivity contribution in [1.29, 1.82) is 0 Å². The molecule has 0 saturated carbocycles. The summed E-state index contributed by atoms with van der Waals surface area (Å²) in [5.41, 5.74) is 6.18. The fourth-order valence-electron chi connectivity index (χ4n) is 1.38. The molecule has 0 atom stereocenters. The molecule has 19 heavy (non-hydrogen) atoms. The van der Waals surface area contributed by atoms with Crippen molar-refractivity contribution in [2.24, 2.45) is 0 Å². The number of rotatable bonds is 4. The molecule has 1 aromatic carbocycles. The van der Waals surface area contributed by atoms with Crippen LogP contribution in [0.5, 0.6) is 5.75 Å². The van der Waals surface area contributed by atoms with E-state index in [2.05, 4.69) is 10.3 Å². The average Bonchev–Trinajstić information content (AvgIpc) is 2.40. The number of benzene rings is 1. The average molecular weight is 278 g/mol. The summed E-state index contributed by atoms with van der Waals surface area (Å²) < 4.78 is 5.30. The molecule has 6 heteroatoms. The van der Waals surface area contributed by atoms with E-state index in [1.165, 1.54) is 6.20 Å². The third-order valence-corrected chi connectivity index (χ3v) is 2.50. The molecule has 0 unspecified atom stereocenters. The number of hydrogen-bond acceptors (Lipinski definition) is 4. The van der Waals surface area contributed by atoms with E-state index in [9.17, 15) is 4.79 Å². The van der Waals surface area contributed by atoms with Gasteiger partial charge in [0.05, 0.1) is 10.7 Å². The SMILES string of the molecule is Nc1ccccc1OCC(=O)Nc1ccc(Cl)cn1. The number of hydrogen-bond donors (Lipinski definition) is 2. The van der Waals surface area contributed by atoms with Crippen molar-refractivity contribution in [3.05, 3.63) is 47.6 Å². The van der Waals surface area contributed by atoms with Crippen molar-refractivity contribution >= 4 is 29.0 Å². The molecule has 0 aliphatic heterocycles. The molecule has 1 heterocycles. The van der Waals surface area contributed by atoms with Crippen LogP contribution in [0.25, 0.3) is 0 Å². The number of nitrogens with two attached hydrogens (primary N) is 1. The summed E-state index contributed by atoms with van der Waals surface area (Å²) in [7, 11) is 0. The van der Waals surface area contributed by atoms with Crippen LogP contribution in [0, 0.1) is 0 Å². The van der Waals surface area contributed by atoms with E-state index >= 15 is 0 Å². The Morgan fingerprint density at radius 2 is 2.11 bits per heavy atom. The van der Waals surface area contributed by atoms with Gasteiger partial charge in [0.25, 0.3) is 5.91 Å². The monoisotopic (exact) mass is 277 g/mol. The quantitative estimate of drug-likeness (QED) is 0.841. The summed E-state index contributed by atoms with van der Waals surface area (Å²) in [6.45, 7) is -0.140. The van der Waals surface area contributed by atoms with Crippen molar-refractivity contribution < 1.29 is 9.53 Å². The number of carbonyl (C=O) groups excluding carboxylic acids is 1. The number of ether oxygens (including phenoxy) is 1. The van der Waals surface area contributed by atoms with E-state index < -0.39 is 0 Å². The third kappa shape index (κ3) is 3.86. The molecular weight excluding hydrogens is 266 g/mol. The Bertz CT molecular complexity index is 572. The molecule has 0 aliphatic rings. The van der Waals surface area contributed by atoms with E-state index in [4.69, 9.17) is 22.1 Å². The van der Waals surface area contributed by atoms with Crippen molar-refractivity contribution in [2.45, 2.75) is 0 Å². The molecule has 0 bridgehead atoms. The summed E-state index contributed by atoms with van der Waals surface area (Å²) in [6, 6.07) is 10.2. The fourth-order valence-corrected chi connectivity index (χ4v) is 1.50. The molecule has 1 amide bonds. The minimum absolute atomic E-state index is 0.140. The van der Waals surface area contributed by atoms with E-state index in [0.29, 0.717) is 22.3 Å². The first-order valence-corrected chi connectivity index (χ1v) is 5.91. The minimum Gasteiger partial charge on any atom is -0.482 e. The second-order valence-corrected chi connectivity index (χ2v) is 4.17. The van der Waals surface area contributed by atoms with Gasteiger partial charge in [0.1, 0.15) is 11.6 Å². The number of pyridine rings is 1. The van der Waals surface area contributed by atoms with Gasteiger partial charge >= 0.3 is 0 Å². The molecule has 3 N–H and O–H groups in total. The molecule has 0 saturated heterocycles. The maximum absolute atomic E-state index is 11.6. The molecule has 0 radical (unpaired) electrons. The lowest BCUT2D eigenvalue weighted by Crippen LogP contribution is -2.21. The summed E-state index contributed by atoms with van der Waals surface area (Å²) in [4.78, 5) is 15.6. The number of nitrogens with zero attached hydrogens (tertiary/aromatic N) is 1. The summed E-state index contributed by atoms with van der Waals surface area (Å²) in [5, 5.41) is 3.09. The highest BCUT2D eigenvalue weighted by Crippen LogP contribution is 2.19. The fraction of sp³-hybridized carbons (Fsp3) is 0.0769. The zero-order valence-corrected chi connectivity index (χ0v) is 10.7. The predicted molar refractivity (Wildman–Crippen MR) is 74.2 cm³/mol. The highest BCUT2D eigenvalue weighted by molar-refractivity contribution is 6.30. The van der Waals surface area contributed by atoms with Crippen LogP contribution in [0.1, 0.15) is 0 Å². The molecule has 2 aromatic rings. The number of para-hydroxylation sites is 2. The minimum atomic E-state index is -0.321. The molecule has 0 fully saturated rings. The van der Waals surface area contributed by atoms with E-state index in [1.807, 2.05) is 0 Å². The van der Waals surface area contributed by atoms with Crippen LogP contribution < -0.4 is 15.8 Å². The van der Waals surface area contributed by atoms with Gasteiger partial charge in [0, 0.05) is 6.20 Å². The Kier molecular flexibility index (Phi) is 4.20. The largest absolute Gasteiger partial charge is 0.482 e. The van der Waals surface area contributed by atoms with Gasteiger partial charge in [-0.15, -0.1) is 0 Å². The predicted octanol–water partition coefficient (Wildman–Crippen LogP) is 2.33. The van der Waals surface area contributed by atoms with Gasteiger partial charge in [0.2, 0.25) is 0 Å². The van der Waals surface area contributed by atoms with Gasteiger partial charge in [-0.25, -0.2) is 4.98 Å². The number of halogens is 1. The van der Waals surface area contributed by atoms with Crippen LogP contribution in [0.3, 0.4) is 0 Å². The number of nitrogens with one attached hydrogen (secondary N) is 1. The molecule has 0 spiro atoms. The molecule has 1 aromatic heterocycles. The Hall–Kier alpha value is -2.27. The number of amides is 1. The van der Waals surface area contributed by atoms with Crippen LogP contribution >= 0.6 is 11.6 Å². The standard InChI is InChI=1S/C13H12ClN3O2/c14-9-5-6-12(16-7-9)17-13(18)8-19-11-4-2-1-3-10(11)15/h1-7H,8,15H2,(H,16,17,18). The normalized spacial score (nSPS) is 9.95. The van der Waals surface area contributed by atoms with E-state index in [1.54, 1.807) is 36.4 Å². The Balaban J connectivity index is 1.88. The first-order valence-electron chi connectivity index (χ1n) is 5.54. The maximum atomic E-state index is 11.6. The molecule has 5 nitrogen and oxygen atoms in total. The highest BCUT2D eigenvalue weighted by Gasteiger charge is 2.06. The molecule has 2 rings (SSSR count). The van der Waals surface area contributed by atoms with Crippen molar-refractivity contribution in [3.8, 4) is 5.75 Å². The second kappa shape index (κ2) is 6.06. The Labute approximate surface area is 115 Å². The smallest absolute Gasteiger partial charge is 0.263 e. The summed E-state index contributed by atoms with van der Waals surface area (Å²) >= 11 is 5.69. The summed E-state index contributed by atoms with van der Waals surface area (Å²) in [5.74, 6) is 0.568. The van der Waals surface area contributed by atoms with E-state index in [-0.39, 0.29) is 12.5 Å². The van der Waals surface area contributed by atoms with Gasteiger partial charge in [-0.1, -0.05) is 23.7 Å².